The van der Waals surface area contributed by atoms with Crippen LogP contribution in [0.3, 0.4) is 0 Å². The topological polar surface area (TPSA) is 58.6 Å². The fourth-order valence-corrected chi connectivity index (χ4v) is 2.07. The Morgan fingerprint density at radius 1 is 1.36 bits per heavy atom. The van der Waals surface area contributed by atoms with E-state index in [1.165, 1.54) is 18.9 Å². The van der Waals surface area contributed by atoms with Crippen LogP contribution in [-0.2, 0) is 9.59 Å². The Kier molecular flexibility index (Phi) is 7.18. The molecule has 1 aromatic rings. The highest BCUT2D eigenvalue weighted by Crippen LogP contribution is 2.27. The van der Waals surface area contributed by atoms with E-state index in [4.69, 9.17) is 16.3 Å². The number of anilines is 1. The molecule has 0 saturated carbocycles. The van der Waals surface area contributed by atoms with Crippen molar-refractivity contribution < 1.29 is 14.3 Å². The van der Waals surface area contributed by atoms with Crippen LogP contribution in [0.4, 0.5) is 5.69 Å². The summed E-state index contributed by atoms with van der Waals surface area (Å²) in [5, 5.41) is 3.23. The van der Waals surface area contributed by atoms with Gasteiger partial charge in [-0.3, -0.25) is 9.59 Å². The number of nitrogens with one attached hydrogen (secondary N) is 1. The van der Waals surface area contributed by atoms with Crippen LogP contribution in [0.15, 0.2) is 18.2 Å². The van der Waals surface area contributed by atoms with Crippen molar-refractivity contribution in [2.75, 3.05) is 25.5 Å². The van der Waals surface area contributed by atoms with E-state index >= 15 is 0 Å². The summed E-state index contributed by atoms with van der Waals surface area (Å²) in [6, 6.07) is 4.98. The molecule has 0 aliphatic heterocycles. The molecule has 0 unspecified atom stereocenters. The van der Waals surface area contributed by atoms with Crippen LogP contribution in [0, 0.1) is 5.92 Å². The Morgan fingerprint density at radius 3 is 2.59 bits per heavy atom. The van der Waals surface area contributed by atoms with Gasteiger partial charge in [0.1, 0.15) is 5.75 Å². The van der Waals surface area contributed by atoms with E-state index in [9.17, 15) is 9.59 Å². The van der Waals surface area contributed by atoms with E-state index < -0.39 is 0 Å². The largest absolute Gasteiger partial charge is 0.495 e. The van der Waals surface area contributed by atoms with Gasteiger partial charge in [0.05, 0.1) is 19.3 Å². The molecule has 0 heterocycles. The van der Waals surface area contributed by atoms with Gasteiger partial charge in [-0.25, -0.2) is 0 Å². The molecule has 5 nitrogen and oxygen atoms in total. The normalized spacial score (nSPS) is 10.5. The van der Waals surface area contributed by atoms with Crippen molar-refractivity contribution in [1.29, 1.82) is 0 Å². The Bertz CT molecular complexity index is 532. The van der Waals surface area contributed by atoms with Crippen molar-refractivity contribution in [3.8, 4) is 5.75 Å². The van der Waals surface area contributed by atoms with Crippen molar-refractivity contribution in [2.24, 2.45) is 5.92 Å². The summed E-state index contributed by atoms with van der Waals surface area (Å²) in [7, 11) is 1.52. The molecule has 2 amide bonds. The lowest BCUT2D eigenvalue weighted by atomic mass is 10.1. The van der Waals surface area contributed by atoms with E-state index in [1.54, 1.807) is 18.2 Å². The lowest BCUT2D eigenvalue weighted by Crippen LogP contribution is -2.37. The van der Waals surface area contributed by atoms with Crippen molar-refractivity contribution in [1.82, 2.24) is 4.90 Å². The molecule has 1 rings (SSSR count). The molecule has 1 N–H and O–H groups in total. The second-order valence-electron chi connectivity index (χ2n) is 5.52. The summed E-state index contributed by atoms with van der Waals surface area (Å²) >= 11 is 5.93. The third kappa shape index (κ3) is 5.93. The molecule has 0 aromatic heterocycles. The molecule has 0 spiro atoms. The Balaban J connectivity index is 2.71. The van der Waals surface area contributed by atoms with Crippen molar-refractivity contribution in [2.45, 2.75) is 27.2 Å². The Labute approximate surface area is 136 Å². The van der Waals surface area contributed by atoms with Crippen LogP contribution < -0.4 is 10.1 Å². The maximum atomic E-state index is 12.1. The molecule has 6 heteroatoms. The fraction of sp³-hybridized carbons (Fsp3) is 0.500. The van der Waals surface area contributed by atoms with Gasteiger partial charge in [-0.15, -0.1) is 0 Å². The van der Waals surface area contributed by atoms with E-state index in [2.05, 4.69) is 19.2 Å². The zero-order valence-corrected chi connectivity index (χ0v) is 14.2. The van der Waals surface area contributed by atoms with E-state index in [-0.39, 0.29) is 18.4 Å². The first-order chi connectivity index (χ1) is 10.3. The number of benzene rings is 1. The van der Waals surface area contributed by atoms with Crippen LogP contribution in [-0.4, -0.2) is 36.9 Å². The monoisotopic (exact) mass is 326 g/mol. The van der Waals surface area contributed by atoms with Crippen molar-refractivity contribution in [3.05, 3.63) is 23.2 Å². The lowest BCUT2D eigenvalue weighted by Gasteiger charge is -2.21. The van der Waals surface area contributed by atoms with E-state index in [0.29, 0.717) is 28.9 Å². The van der Waals surface area contributed by atoms with Gasteiger partial charge in [0.2, 0.25) is 11.8 Å². The maximum absolute atomic E-state index is 12.1. The number of nitrogens with zero attached hydrogens (tertiary/aromatic N) is 1. The van der Waals surface area contributed by atoms with E-state index in [1.807, 2.05) is 0 Å². The van der Waals surface area contributed by atoms with Crippen LogP contribution in [0.5, 0.6) is 5.75 Å². The minimum absolute atomic E-state index is 0.0116. The molecule has 0 fully saturated rings. The molecule has 0 atom stereocenters. The summed E-state index contributed by atoms with van der Waals surface area (Å²) in [5.41, 5.74) is 0.493. The third-order valence-corrected chi connectivity index (χ3v) is 3.43. The summed E-state index contributed by atoms with van der Waals surface area (Å²) in [5.74, 6) is 0.598. The third-order valence-electron chi connectivity index (χ3n) is 3.19. The average Bonchev–Trinajstić information content (AvgIpc) is 2.43. The number of carbonyl (C=O) groups is 2. The molecular weight excluding hydrogens is 304 g/mol. The zero-order valence-electron chi connectivity index (χ0n) is 13.5. The maximum Gasteiger partial charge on any atom is 0.244 e. The number of hydrogen-bond donors (Lipinski definition) is 1. The number of rotatable bonds is 7. The minimum Gasteiger partial charge on any atom is -0.495 e. The number of amides is 2. The predicted octanol–water partition coefficient (Wildman–Crippen LogP) is 3.18. The van der Waals surface area contributed by atoms with Crippen LogP contribution in [0.1, 0.15) is 27.2 Å². The van der Waals surface area contributed by atoms with Gasteiger partial charge in [-0.2, -0.15) is 0 Å². The SMILES string of the molecule is COc1ccc(Cl)cc1NC(=O)CN(CCC(C)C)C(C)=O. The number of halogens is 1. The van der Waals surface area contributed by atoms with Gasteiger partial charge in [-0.05, 0) is 30.5 Å². The smallest absolute Gasteiger partial charge is 0.244 e. The number of ether oxygens (including phenoxy) is 1. The van der Waals surface area contributed by atoms with Crippen molar-refractivity contribution in [3.63, 3.8) is 0 Å². The highest BCUT2D eigenvalue weighted by molar-refractivity contribution is 6.31. The minimum atomic E-state index is -0.278. The number of hydrogen-bond acceptors (Lipinski definition) is 3. The lowest BCUT2D eigenvalue weighted by molar-refractivity contribution is -0.132. The van der Waals surface area contributed by atoms with Gasteiger partial charge in [-0.1, -0.05) is 25.4 Å². The first-order valence-corrected chi connectivity index (χ1v) is 7.60. The summed E-state index contributed by atoms with van der Waals surface area (Å²) in [6.07, 6.45) is 0.855. The molecule has 22 heavy (non-hydrogen) atoms. The Hall–Kier alpha value is -1.75. The second-order valence-corrected chi connectivity index (χ2v) is 5.95. The summed E-state index contributed by atoms with van der Waals surface area (Å²) in [4.78, 5) is 25.3. The fourth-order valence-electron chi connectivity index (χ4n) is 1.90. The van der Waals surface area contributed by atoms with Gasteiger partial charge in [0.25, 0.3) is 0 Å². The summed E-state index contributed by atoms with van der Waals surface area (Å²) < 4.78 is 5.18. The molecule has 0 aliphatic carbocycles. The molecule has 0 aliphatic rings. The van der Waals surface area contributed by atoms with Gasteiger partial charge >= 0.3 is 0 Å². The molecule has 0 saturated heterocycles. The van der Waals surface area contributed by atoms with Crippen molar-refractivity contribution >= 4 is 29.1 Å². The van der Waals surface area contributed by atoms with Crippen LogP contribution >= 0.6 is 11.6 Å². The molecule has 0 radical (unpaired) electrons. The van der Waals surface area contributed by atoms with Crippen LogP contribution in [0.25, 0.3) is 0 Å². The number of methoxy groups -OCH3 is 1. The first-order valence-electron chi connectivity index (χ1n) is 7.22. The highest BCUT2D eigenvalue weighted by atomic mass is 35.5. The first kappa shape index (κ1) is 18.3. The van der Waals surface area contributed by atoms with E-state index in [0.717, 1.165) is 6.42 Å². The molecule has 1 aromatic carbocycles. The summed E-state index contributed by atoms with van der Waals surface area (Å²) in [6.45, 7) is 6.20. The molecule has 0 bridgehead atoms. The number of carbonyl (C=O) groups excluding carboxylic acids is 2. The Morgan fingerprint density at radius 2 is 2.05 bits per heavy atom. The van der Waals surface area contributed by atoms with Gasteiger partial charge in [0.15, 0.2) is 0 Å². The van der Waals surface area contributed by atoms with Gasteiger partial charge in [0, 0.05) is 18.5 Å². The second kappa shape index (κ2) is 8.63. The molecule has 122 valence electrons. The zero-order chi connectivity index (χ0) is 16.7. The molecular formula is C16H23ClN2O3. The quantitative estimate of drug-likeness (QED) is 0.837. The predicted molar refractivity (Wildman–Crippen MR) is 88.3 cm³/mol. The standard InChI is InChI=1S/C16H23ClN2O3/c1-11(2)7-8-19(12(3)20)10-16(21)18-14-9-13(17)5-6-15(14)22-4/h5-6,9,11H,7-8,10H2,1-4H3,(H,18,21). The highest BCUT2D eigenvalue weighted by Gasteiger charge is 2.15. The van der Waals surface area contributed by atoms with Crippen LogP contribution in [0.2, 0.25) is 5.02 Å². The van der Waals surface area contributed by atoms with Gasteiger partial charge < -0.3 is 15.0 Å². The average molecular weight is 327 g/mol.